The molecular weight excluding hydrogens is 466 g/mol. The van der Waals surface area contributed by atoms with Gasteiger partial charge >= 0.3 is 0 Å². The molecule has 0 spiro atoms. The van der Waals surface area contributed by atoms with Crippen LogP contribution in [0.15, 0.2) is 65.8 Å². The van der Waals surface area contributed by atoms with Gasteiger partial charge in [0.1, 0.15) is 5.65 Å². The molecule has 1 aliphatic rings. The summed E-state index contributed by atoms with van der Waals surface area (Å²) in [6.07, 6.45) is 4.79. The van der Waals surface area contributed by atoms with E-state index in [1.165, 1.54) is 6.26 Å². The number of anilines is 2. The fourth-order valence-corrected chi connectivity index (χ4v) is 4.72. The number of nitrogens with zero attached hydrogens (tertiary/aromatic N) is 4. The van der Waals surface area contributed by atoms with Gasteiger partial charge in [-0.2, -0.15) is 4.98 Å². The maximum Gasteiger partial charge on any atom is 0.254 e. The molecule has 1 N–H and O–H groups in total. The lowest BCUT2D eigenvalue weighted by molar-refractivity contribution is 0.0302. The van der Waals surface area contributed by atoms with Gasteiger partial charge in [0.25, 0.3) is 5.91 Å². The lowest BCUT2D eigenvalue weighted by Gasteiger charge is -2.27. The monoisotopic (exact) mass is 491 g/mol. The third-order valence-electron chi connectivity index (χ3n) is 5.98. The highest BCUT2D eigenvalue weighted by Gasteiger charge is 2.20. The van der Waals surface area contributed by atoms with Crippen molar-refractivity contribution in [2.24, 2.45) is 0 Å². The van der Waals surface area contributed by atoms with E-state index in [1.807, 2.05) is 46.9 Å². The highest BCUT2D eigenvalue weighted by atomic mass is 32.2. The number of aromatic nitrogens is 3. The number of fused-ring (bicyclic) bond motifs is 1. The molecule has 1 amide bonds. The van der Waals surface area contributed by atoms with Crippen molar-refractivity contribution in [3.8, 4) is 5.69 Å². The average Bonchev–Trinajstić information content (AvgIpc) is 3.27. The van der Waals surface area contributed by atoms with E-state index >= 15 is 0 Å². The fourth-order valence-electron chi connectivity index (χ4n) is 4.09. The second-order valence-electron chi connectivity index (χ2n) is 8.48. The number of carbonyl (C=O) groups is 1. The summed E-state index contributed by atoms with van der Waals surface area (Å²) in [5.74, 6) is 0.423. The minimum atomic E-state index is -3.27. The Balaban J connectivity index is 1.39. The number of carbonyl (C=O) groups excluding carboxylic acids is 1. The molecule has 4 aromatic rings. The van der Waals surface area contributed by atoms with Crippen LogP contribution < -0.4 is 5.32 Å². The first-order chi connectivity index (χ1) is 16.8. The number of benzene rings is 2. The highest BCUT2D eigenvalue weighted by molar-refractivity contribution is 7.90. The molecule has 0 unspecified atom stereocenters. The molecule has 2 aromatic carbocycles. The molecule has 35 heavy (non-hydrogen) atoms. The molecule has 9 nitrogen and oxygen atoms in total. The Bertz CT molecular complexity index is 1510. The molecule has 0 radical (unpaired) electrons. The van der Waals surface area contributed by atoms with Gasteiger partial charge in [0.05, 0.1) is 18.1 Å². The van der Waals surface area contributed by atoms with Gasteiger partial charge in [-0.25, -0.2) is 13.4 Å². The molecule has 1 aliphatic heterocycles. The maximum atomic E-state index is 12.8. The largest absolute Gasteiger partial charge is 0.378 e. The first kappa shape index (κ1) is 23.0. The third-order valence-corrected chi connectivity index (χ3v) is 7.11. The number of hydrogen-bond acceptors (Lipinski definition) is 7. The number of hydrogen-bond donors (Lipinski definition) is 1. The normalized spacial score (nSPS) is 14.3. The minimum absolute atomic E-state index is 0.00902. The van der Waals surface area contributed by atoms with Crippen LogP contribution >= 0.6 is 0 Å². The van der Waals surface area contributed by atoms with Crippen molar-refractivity contribution in [3.63, 3.8) is 0 Å². The molecule has 0 saturated carbocycles. The Kier molecular flexibility index (Phi) is 6.00. The van der Waals surface area contributed by atoms with Gasteiger partial charge in [0.2, 0.25) is 5.95 Å². The first-order valence-corrected chi connectivity index (χ1v) is 13.1. The van der Waals surface area contributed by atoms with Crippen molar-refractivity contribution in [3.05, 3.63) is 72.1 Å². The van der Waals surface area contributed by atoms with Crippen molar-refractivity contribution in [2.45, 2.75) is 11.8 Å². The fraction of sp³-hybridized carbons (Fsp3) is 0.240. The lowest BCUT2D eigenvalue weighted by Crippen LogP contribution is -2.40. The summed E-state index contributed by atoms with van der Waals surface area (Å²) in [4.78, 5) is 24.0. The van der Waals surface area contributed by atoms with Gasteiger partial charge in [-0.05, 0) is 61.0 Å². The van der Waals surface area contributed by atoms with Gasteiger partial charge in [-0.1, -0.05) is 0 Å². The molecule has 1 saturated heterocycles. The standard InChI is InChI=1S/C25H25N5O4S/c1-17-15-19(3-8-22(17)24(31)29-11-13-34-14-12-29)27-25-26-16-18-9-10-30(23(18)28-25)20-4-6-21(7-5-20)35(2,32)33/h3-10,15-16H,11-14H2,1-2H3,(H,26,27,28). The number of morpholine rings is 1. The number of rotatable bonds is 5. The van der Waals surface area contributed by atoms with E-state index in [0.717, 1.165) is 22.3 Å². The summed E-state index contributed by atoms with van der Waals surface area (Å²) in [6, 6.07) is 14.1. The van der Waals surface area contributed by atoms with E-state index in [0.29, 0.717) is 43.5 Å². The van der Waals surface area contributed by atoms with E-state index in [4.69, 9.17) is 4.74 Å². The van der Waals surface area contributed by atoms with E-state index in [-0.39, 0.29) is 10.8 Å². The number of nitrogens with one attached hydrogen (secondary N) is 1. The van der Waals surface area contributed by atoms with Crippen LogP contribution in [0.2, 0.25) is 0 Å². The average molecular weight is 492 g/mol. The van der Waals surface area contributed by atoms with E-state index in [2.05, 4.69) is 15.3 Å². The molecule has 0 atom stereocenters. The Morgan fingerprint density at radius 1 is 1.06 bits per heavy atom. The molecule has 0 aliphatic carbocycles. The summed E-state index contributed by atoms with van der Waals surface area (Å²) in [5.41, 5.74) is 3.78. The van der Waals surface area contributed by atoms with E-state index in [9.17, 15) is 13.2 Å². The molecule has 0 bridgehead atoms. The van der Waals surface area contributed by atoms with Gasteiger partial charge in [0.15, 0.2) is 9.84 Å². The van der Waals surface area contributed by atoms with Gasteiger partial charge in [-0.3, -0.25) is 4.79 Å². The van der Waals surface area contributed by atoms with Crippen molar-refractivity contribution >= 4 is 38.4 Å². The molecule has 1 fully saturated rings. The predicted molar refractivity (Wildman–Crippen MR) is 133 cm³/mol. The summed E-state index contributed by atoms with van der Waals surface area (Å²) >= 11 is 0. The van der Waals surface area contributed by atoms with Crippen molar-refractivity contribution < 1.29 is 17.9 Å². The maximum absolute atomic E-state index is 12.8. The highest BCUT2D eigenvalue weighted by Crippen LogP contribution is 2.24. The SMILES string of the molecule is Cc1cc(Nc2ncc3ccn(-c4ccc(S(C)(=O)=O)cc4)c3n2)ccc1C(=O)N1CCOCC1. The van der Waals surface area contributed by atoms with Crippen LogP contribution in [-0.4, -0.2) is 66.3 Å². The predicted octanol–water partition coefficient (Wildman–Crippen LogP) is 3.35. The molecule has 10 heteroatoms. The van der Waals surface area contributed by atoms with Crippen molar-refractivity contribution in [2.75, 3.05) is 37.9 Å². The summed E-state index contributed by atoms with van der Waals surface area (Å²) in [5, 5.41) is 4.07. The van der Waals surface area contributed by atoms with Crippen LogP contribution in [-0.2, 0) is 14.6 Å². The quantitative estimate of drug-likeness (QED) is 0.456. The second kappa shape index (κ2) is 9.12. The third kappa shape index (κ3) is 4.75. The topological polar surface area (TPSA) is 106 Å². The first-order valence-electron chi connectivity index (χ1n) is 11.2. The Hall–Kier alpha value is -3.76. The van der Waals surface area contributed by atoms with Crippen LogP contribution in [0.1, 0.15) is 15.9 Å². The summed E-state index contributed by atoms with van der Waals surface area (Å²) in [7, 11) is -3.27. The number of aryl methyl sites for hydroxylation is 1. The lowest BCUT2D eigenvalue weighted by atomic mass is 10.1. The van der Waals surface area contributed by atoms with Crippen LogP contribution in [0, 0.1) is 6.92 Å². The van der Waals surface area contributed by atoms with Gasteiger partial charge in [0, 0.05) is 54.1 Å². The van der Waals surface area contributed by atoms with E-state index < -0.39 is 9.84 Å². The number of amides is 1. The Morgan fingerprint density at radius 2 is 1.80 bits per heavy atom. The van der Waals surface area contributed by atoms with Gasteiger partial charge in [-0.15, -0.1) is 0 Å². The second-order valence-corrected chi connectivity index (χ2v) is 10.5. The zero-order valence-electron chi connectivity index (χ0n) is 19.4. The number of ether oxygens (including phenoxy) is 1. The number of sulfone groups is 1. The molecule has 5 rings (SSSR count). The van der Waals surface area contributed by atoms with Crippen LogP contribution in [0.5, 0.6) is 0 Å². The smallest absolute Gasteiger partial charge is 0.254 e. The van der Waals surface area contributed by atoms with E-state index in [1.54, 1.807) is 30.5 Å². The van der Waals surface area contributed by atoms with Crippen molar-refractivity contribution in [1.29, 1.82) is 0 Å². The Morgan fingerprint density at radius 3 is 2.49 bits per heavy atom. The molecule has 3 heterocycles. The zero-order valence-corrected chi connectivity index (χ0v) is 20.2. The molecule has 180 valence electrons. The Labute approximate surface area is 203 Å². The minimum Gasteiger partial charge on any atom is -0.378 e. The van der Waals surface area contributed by atoms with Gasteiger partial charge < -0.3 is 19.5 Å². The molecular formula is C25H25N5O4S. The van der Waals surface area contributed by atoms with Crippen LogP contribution in [0.4, 0.5) is 11.6 Å². The van der Waals surface area contributed by atoms with Crippen molar-refractivity contribution in [1.82, 2.24) is 19.4 Å². The molecule has 2 aromatic heterocycles. The van der Waals surface area contributed by atoms with Crippen LogP contribution in [0.3, 0.4) is 0 Å². The zero-order chi connectivity index (χ0) is 24.6. The summed E-state index contributed by atoms with van der Waals surface area (Å²) < 4.78 is 30.7. The summed E-state index contributed by atoms with van der Waals surface area (Å²) in [6.45, 7) is 4.24. The van der Waals surface area contributed by atoms with Crippen LogP contribution in [0.25, 0.3) is 16.7 Å².